The van der Waals surface area contributed by atoms with Gasteiger partial charge in [0.15, 0.2) is 0 Å². The summed E-state index contributed by atoms with van der Waals surface area (Å²) >= 11 is 0. The minimum absolute atomic E-state index is 0.466. The van der Waals surface area contributed by atoms with Crippen LogP contribution in [-0.4, -0.2) is 16.9 Å². The molecule has 4 N–H and O–H groups in total. The molecule has 0 spiro atoms. The second-order valence-electron chi connectivity index (χ2n) is 2.78. The standard InChI is InChI=1S/C9H11N3O2/c1-6-3-2-4-7(5-6)11-12-8(10)9(13)14/h2-5,11H,1H3,(H2,10,12)(H,13,14). The highest BCUT2D eigenvalue weighted by Crippen LogP contribution is 2.08. The van der Waals surface area contributed by atoms with E-state index in [0.29, 0.717) is 5.69 Å². The number of carboxylic acid groups (broad SMARTS) is 1. The molecule has 0 aliphatic heterocycles. The number of carboxylic acids is 1. The number of nitrogens with zero attached hydrogens (tertiary/aromatic N) is 1. The number of benzene rings is 1. The van der Waals surface area contributed by atoms with Crippen molar-refractivity contribution in [1.82, 2.24) is 0 Å². The van der Waals surface area contributed by atoms with Crippen LogP contribution in [0.4, 0.5) is 5.69 Å². The molecular weight excluding hydrogens is 182 g/mol. The number of hydrogen-bond acceptors (Lipinski definition) is 3. The summed E-state index contributed by atoms with van der Waals surface area (Å²) in [6, 6.07) is 7.36. The lowest BCUT2D eigenvalue weighted by Gasteiger charge is -2.01. The van der Waals surface area contributed by atoms with E-state index >= 15 is 0 Å². The number of nitrogens with one attached hydrogen (secondary N) is 1. The number of amidine groups is 1. The SMILES string of the molecule is Cc1cccc(NN=C(N)C(=O)O)c1. The summed E-state index contributed by atoms with van der Waals surface area (Å²) < 4.78 is 0. The van der Waals surface area contributed by atoms with Crippen LogP contribution in [0.2, 0.25) is 0 Å². The Balaban J connectivity index is 2.71. The van der Waals surface area contributed by atoms with Gasteiger partial charge in [-0.15, -0.1) is 5.10 Å². The summed E-state index contributed by atoms with van der Waals surface area (Å²) in [5.74, 6) is -1.71. The van der Waals surface area contributed by atoms with Crippen molar-refractivity contribution < 1.29 is 9.90 Å². The maximum absolute atomic E-state index is 10.3. The lowest BCUT2D eigenvalue weighted by Crippen LogP contribution is -2.24. The Labute approximate surface area is 81.2 Å². The molecule has 0 unspecified atom stereocenters. The third-order valence-electron chi connectivity index (χ3n) is 1.54. The largest absolute Gasteiger partial charge is 0.475 e. The molecule has 0 atom stereocenters. The molecule has 0 aromatic heterocycles. The number of carbonyl (C=O) groups is 1. The Morgan fingerprint density at radius 2 is 2.29 bits per heavy atom. The Bertz CT molecular complexity index is 374. The van der Waals surface area contributed by atoms with Crippen molar-refractivity contribution >= 4 is 17.5 Å². The molecule has 14 heavy (non-hydrogen) atoms. The summed E-state index contributed by atoms with van der Waals surface area (Å²) in [7, 11) is 0. The number of rotatable bonds is 2. The van der Waals surface area contributed by atoms with Gasteiger partial charge in [0.2, 0.25) is 5.84 Å². The summed E-state index contributed by atoms with van der Waals surface area (Å²) in [5, 5.41) is 11.9. The van der Waals surface area contributed by atoms with Crippen molar-refractivity contribution in [2.45, 2.75) is 6.92 Å². The molecule has 0 amide bonds. The second-order valence-corrected chi connectivity index (χ2v) is 2.78. The zero-order chi connectivity index (χ0) is 10.6. The highest BCUT2D eigenvalue weighted by molar-refractivity contribution is 6.33. The van der Waals surface area contributed by atoms with Crippen molar-refractivity contribution in [2.24, 2.45) is 10.8 Å². The van der Waals surface area contributed by atoms with Gasteiger partial charge in [0.25, 0.3) is 0 Å². The van der Waals surface area contributed by atoms with Crippen LogP contribution in [0.1, 0.15) is 5.56 Å². The lowest BCUT2D eigenvalue weighted by molar-refractivity contribution is -0.129. The summed E-state index contributed by atoms with van der Waals surface area (Å²) in [5.41, 5.74) is 9.40. The molecule has 1 aromatic rings. The van der Waals surface area contributed by atoms with Gasteiger partial charge < -0.3 is 10.8 Å². The van der Waals surface area contributed by atoms with Crippen LogP contribution in [-0.2, 0) is 4.79 Å². The van der Waals surface area contributed by atoms with Crippen molar-refractivity contribution in [1.29, 1.82) is 0 Å². The Hall–Kier alpha value is -2.04. The zero-order valence-electron chi connectivity index (χ0n) is 7.69. The van der Waals surface area contributed by atoms with Gasteiger partial charge >= 0.3 is 5.97 Å². The van der Waals surface area contributed by atoms with Crippen LogP contribution in [0, 0.1) is 6.92 Å². The van der Waals surface area contributed by atoms with E-state index in [1.807, 2.05) is 25.1 Å². The molecule has 0 bridgehead atoms. The molecule has 0 aliphatic carbocycles. The van der Waals surface area contributed by atoms with Gasteiger partial charge in [0.05, 0.1) is 5.69 Å². The van der Waals surface area contributed by atoms with E-state index in [4.69, 9.17) is 10.8 Å². The average Bonchev–Trinajstić information content (AvgIpc) is 2.14. The third-order valence-corrected chi connectivity index (χ3v) is 1.54. The first-order chi connectivity index (χ1) is 6.59. The smallest absolute Gasteiger partial charge is 0.373 e. The highest BCUT2D eigenvalue weighted by atomic mass is 16.4. The van der Waals surface area contributed by atoms with Crippen LogP contribution in [0.3, 0.4) is 0 Å². The second kappa shape index (κ2) is 4.27. The van der Waals surface area contributed by atoms with Crippen LogP contribution < -0.4 is 11.2 Å². The van der Waals surface area contributed by atoms with E-state index in [1.165, 1.54) is 0 Å². The van der Waals surface area contributed by atoms with E-state index in [0.717, 1.165) is 5.56 Å². The van der Waals surface area contributed by atoms with Crippen molar-refractivity contribution in [3.63, 3.8) is 0 Å². The molecule has 0 fully saturated rings. The molecule has 74 valence electrons. The van der Waals surface area contributed by atoms with Crippen LogP contribution in [0.15, 0.2) is 29.4 Å². The Kier molecular flexibility index (Phi) is 3.06. The maximum Gasteiger partial charge on any atom is 0.373 e. The Morgan fingerprint density at radius 1 is 1.57 bits per heavy atom. The molecule has 0 radical (unpaired) electrons. The van der Waals surface area contributed by atoms with Gasteiger partial charge in [-0.1, -0.05) is 12.1 Å². The molecule has 5 nitrogen and oxygen atoms in total. The normalized spacial score (nSPS) is 11.1. The van der Waals surface area contributed by atoms with Gasteiger partial charge in [0, 0.05) is 0 Å². The van der Waals surface area contributed by atoms with E-state index in [1.54, 1.807) is 6.07 Å². The van der Waals surface area contributed by atoms with Gasteiger partial charge in [-0.2, -0.15) is 0 Å². The average molecular weight is 193 g/mol. The topological polar surface area (TPSA) is 87.7 Å². The highest BCUT2D eigenvalue weighted by Gasteiger charge is 2.01. The minimum Gasteiger partial charge on any atom is -0.475 e. The number of hydrazone groups is 1. The Morgan fingerprint density at radius 3 is 2.86 bits per heavy atom. The van der Waals surface area contributed by atoms with E-state index in [2.05, 4.69) is 10.5 Å². The summed E-state index contributed by atoms with van der Waals surface area (Å²) in [4.78, 5) is 10.3. The lowest BCUT2D eigenvalue weighted by atomic mass is 10.2. The minimum atomic E-state index is -1.25. The fraction of sp³-hybridized carbons (Fsp3) is 0.111. The van der Waals surface area contributed by atoms with E-state index < -0.39 is 11.8 Å². The molecule has 0 heterocycles. The number of nitrogens with two attached hydrogens (primary N) is 1. The number of anilines is 1. The van der Waals surface area contributed by atoms with Crippen LogP contribution in [0.25, 0.3) is 0 Å². The first-order valence-electron chi connectivity index (χ1n) is 3.98. The first kappa shape index (κ1) is 10.0. The van der Waals surface area contributed by atoms with Gasteiger partial charge in [-0.05, 0) is 24.6 Å². The number of aryl methyl sites for hydroxylation is 1. The van der Waals surface area contributed by atoms with Gasteiger partial charge in [-0.3, -0.25) is 5.43 Å². The molecule has 5 heteroatoms. The quantitative estimate of drug-likeness (QED) is 0.367. The maximum atomic E-state index is 10.3. The summed E-state index contributed by atoms with van der Waals surface area (Å²) in [6.45, 7) is 1.93. The molecule has 1 rings (SSSR count). The molecule has 0 saturated heterocycles. The summed E-state index contributed by atoms with van der Waals surface area (Å²) in [6.07, 6.45) is 0. The molecule has 1 aromatic carbocycles. The van der Waals surface area contributed by atoms with E-state index in [9.17, 15) is 4.79 Å². The van der Waals surface area contributed by atoms with Crippen molar-refractivity contribution in [2.75, 3.05) is 5.43 Å². The predicted octanol–water partition coefficient (Wildman–Crippen LogP) is 0.764. The number of aliphatic carboxylic acids is 1. The van der Waals surface area contributed by atoms with Crippen molar-refractivity contribution in [3.8, 4) is 0 Å². The first-order valence-corrected chi connectivity index (χ1v) is 3.98. The van der Waals surface area contributed by atoms with Gasteiger partial charge in [0.1, 0.15) is 0 Å². The molecular formula is C9H11N3O2. The fourth-order valence-electron chi connectivity index (χ4n) is 0.887. The monoisotopic (exact) mass is 193 g/mol. The zero-order valence-corrected chi connectivity index (χ0v) is 7.69. The van der Waals surface area contributed by atoms with Crippen LogP contribution in [0.5, 0.6) is 0 Å². The third kappa shape index (κ3) is 2.78. The number of hydrogen-bond donors (Lipinski definition) is 3. The van der Waals surface area contributed by atoms with Gasteiger partial charge in [-0.25, -0.2) is 4.79 Å². The van der Waals surface area contributed by atoms with Crippen LogP contribution >= 0.6 is 0 Å². The van der Waals surface area contributed by atoms with Crippen molar-refractivity contribution in [3.05, 3.63) is 29.8 Å². The predicted molar refractivity (Wildman–Crippen MR) is 54.1 cm³/mol. The fourth-order valence-corrected chi connectivity index (χ4v) is 0.887. The van der Waals surface area contributed by atoms with E-state index in [-0.39, 0.29) is 0 Å². The molecule has 0 saturated carbocycles. The molecule has 0 aliphatic rings.